The molecule has 0 saturated heterocycles. The van der Waals surface area contributed by atoms with Crippen LogP contribution in [0.2, 0.25) is 0 Å². The number of rotatable bonds is 4. The molecule has 0 radical (unpaired) electrons. The lowest BCUT2D eigenvalue weighted by Crippen LogP contribution is -2.16. The third kappa shape index (κ3) is 2.86. The van der Waals surface area contributed by atoms with E-state index < -0.39 is 5.91 Å². The van der Waals surface area contributed by atoms with Crippen molar-refractivity contribution in [1.82, 2.24) is 20.2 Å². The number of ketones is 1. The number of hydrogen-bond donors (Lipinski definition) is 3. The zero-order valence-electron chi connectivity index (χ0n) is 13.9. The number of nitrogens with one attached hydrogen (secondary N) is 3. The van der Waals surface area contributed by atoms with E-state index in [1.54, 1.807) is 12.1 Å². The molecule has 2 aromatic carbocycles. The minimum absolute atomic E-state index is 0.141. The number of para-hydroxylation sites is 2. The van der Waals surface area contributed by atoms with Crippen molar-refractivity contribution in [3.8, 4) is 0 Å². The predicted molar refractivity (Wildman–Crippen MR) is 97.2 cm³/mol. The molecular weight excluding hydrogens is 330 g/mol. The van der Waals surface area contributed by atoms with Crippen LogP contribution in [0.1, 0.15) is 32.0 Å². The van der Waals surface area contributed by atoms with Crippen LogP contribution >= 0.6 is 0 Å². The first kappa shape index (κ1) is 15.8. The topological polar surface area (TPSA) is 104 Å². The number of hydrogen-bond acceptors (Lipinski definition) is 4. The molecule has 0 atom stereocenters. The highest BCUT2D eigenvalue weighted by atomic mass is 16.2. The van der Waals surface area contributed by atoms with Gasteiger partial charge >= 0.3 is 0 Å². The number of carbonyl (C=O) groups is 2. The van der Waals surface area contributed by atoms with Gasteiger partial charge < -0.3 is 4.98 Å². The molecule has 0 bridgehead atoms. The van der Waals surface area contributed by atoms with Crippen LogP contribution in [0, 0.1) is 6.92 Å². The highest BCUT2D eigenvalue weighted by Gasteiger charge is 2.21. The first-order chi connectivity index (χ1) is 12.6. The maximum atomic E-state index is 12.7. The van der Waals surface area contributed by atoms with Gasteiger partial charge in [-0.3, -0.25) is 20.0 Å². The maximum Gasteiger partial charge on any atom is 0.261 e. The van der Waals surface area contributed by atoms with Crippen molar-refractivity contribution in [1.29, 1.82) is 0 Å². The summed E-state index contributed by atoms with van der Waals surface area (Å²) >= 11 is 0. The molecule has 2 heterocycles. The highest BCUT2D eigenvalue weighted by molar-refractivity contribution is 6.16. The van der Waals surface area contributed by atoms with Crippen LogP contribution in [0.5, 0.6) is 0 Å². The summed E-state index contributed by atoms with van der Waals surface area (Å²) in [6.07, 6.45) is 1.33. The number of imidazole rings is 1. The second-order valence-corrected chi connectivity index (χ2v) is 5.91. The summed E-state index contributed by atoms with van der Waals surface area (Å²) < 4.78 is 0. The van der Waals surface area contributed by atoms with E-state index in [-0.39, 0.29) is 17.0 Å². The van der Waals surface area contributed by atoms with Gasteiger partial charge in [0.25, 0.3) is 5.91 Å². The third-order valence-electron chi connectivity index (χ3n) is 4.05. The van der Waals surface area contributed by atoms with Crippen LogP contribution in [0.4, 0.5) is 5.95 Å². The second-order valence-electron chi connectivity index (χ2n) is 5.91. The van der Waals surface area contributed by atoms with E-state index in [1.807, 2.05) is 43.3 Å². The summed E-state index contributed by atoms with van der Waals surface area (Å²) in [7, 11) is 0. The molecule has 0 aliphatic heterocycles. The Bertz CT molecular complexity index is 1080. The maximum absolute atomic E-state index is 12.7. The standard InChI is InChI=1S/C19H15N5O2/c1-11-6-8-12(9-7-11)17(25)16-13(10-20-24-16)18(26)23-19-21-14-4-2-3-5-15(14)22-19/h2-10H,1H3,(H,20,24)(H2,21,22,23,26). The van der Waals surface area contributed by atoms with E-state index in [1.165, 1.54) is 6.20 Å². The van der Waals surface area contributed by atoms with Gasteiger partial charge in [0.2, 0.25) is 11.7 Å². The van der Waals surface area contributed by atoms with Gasteiger partial charge in [0.05, 0.1) is 22.8 Å². The Morgan fingerprint density at radius 3 is 2.58 bits per heavy atom. The molecule has 4 aromatic rings. The summed E-state index contributed by atoms with van der Waals surface area (Å²) in [6.45, 7) is 1.94. The Morgan fingerprint density at radius 1 is 1.04 bits per heavy atom. The quantitative estimate of drug-likeness (QED) is 0.494. The van der Waals surface area contributed by atoms with Crippen LogP contribution in [0.15, 0.2) is 54.7 Å². The van der Waals surface area contributed by atoms with Crippen molar-refractivity contribution in [3.05, 3.63) is 77.1 Å². The largest absolute Gasteiger partial charge is 0.324 e. The van der Waals surface area contributed by atoms with Gasteiger partial charge in [-0.05, 0) is 19.1 Å². The molecular formula is C19H15N5O2. The SMILES string of the molecule is Cc1ccc(C(=O)c2[nH]ncc2C(=O)Nc2nc3ccccc3[nH]2)cc1. The molecule has 7 nitrogen and oxygen atoms in total. The summed E-state index contributed by atoms with van der Waals surface area (Å²) in [4.78, 5) is 32.6. The summed E-state index contributed by atoms with van der Waals surface area (Å²) in [5, 5.41) is 9.15. The summed E-state index contributed by atoms with van der Waals surface area (Å²) in [5.74, 6) is -0.448. The van der Waals surface area contributed by atoms with Crippen LogP contribution in [-0.2, 0) is 0 Å². The summed E-state index contributed by atoms with van der Waals surface area (Å²) in [6, 6.07) is 14.6. The number of benzene rings is 2. The lowest BCUT2D eigenvalue weighted by molar-refractivity contribution is 0.0994. The monoisotopic (exact) mass is 345 g/mol. The average Bonchev–Trinajstić information content (AvgIpc) is 3.28. The number of aromatic amines is 2. The fourth-order valence-corrected chi connectivity index (χ4v) is 2.67. The number of aromatic nitrogens is 4. The predicted octanol–water partition coefficient (Wildman–Crippen LogP) is 3.08. The first-order valence-electron chi connectivity index (χ1n) is 8.02. The molecule has 3 N–H and O–H groups in total. The van der Waals surface area contributed by atoms with E-state index >= 15 is 0 Å². The van der Waals surface area contributed by atoms with Crippen molar-refractivity contribution in [3.63, 3.8) is 0 Å². The smallest absolute Gasteiger partial charge is 0.261 e. The fourth-order valence-electron chi connectivity index (χ4n) is 2.67. The zero-order chi connectivity index (χ0) is 18.1. The molecule has 4 rings (SSSR count). The number of amides is 1. The Balaban J connectivity index is 1.60. The van der Waals surface area contributed by atoms with Gasteiger partial charge in [0.1, 0.15) is 5.69 Å². The van der Waals surface area contributed by atoms with Gasteiger partial charge in [0, 0.05) is 5.56 Å². The molecule has 26 heavy (non-hydrogen) atoms. The number of H-pyrrole nitrogens is 2. The first-order valence-corrected chi connectivity index (χ1v) is 8.02. The van der Waals surface area contributed by atoms with E-state index in [4.69, 9.17) is 0 Å². The van der Waals surface area contributed by atoms with Gasteiger partial charge in [-0.25, -0.2) is 4.98 Å². The molecule has 0 unspecified atom stereocenters. The Morgan fingerprint density at radius 2 is 1.81 bits per heavy atom. The number of aryl methyl sites for hydroxylation is 1. The van der Waals surface area contributed by atoms with E-state index in [2.05, 4.69) is 25.5 Å². The number of anilines is 1. The van der Waals surface area contributed by atoms with E-state index in [0.717, 1.165) is 16.6 Å². The lowest BCUT2D eigenvalue weighted by atomic mass is 10.0. The Kier molecular flexibility index (Phi) is 3.81. The third-order valence-corrected chi connectivity index (χ3v) is 4.05. The van der Waals surface area contributed by atoms with Crippen LogP contribution in [0.25, 0.3) is 11.0 Å². The van der Waals surface area contributed by atoms with Crippen molar-refractivity contribution >= 4 is 28.7 Å². The Hall–Kier alpha value is -3.74. The number of fused-ring (bicyclic) bond motifs is 1. The lowest BCUT2D eigenvalue weighted by Gasteiger charge is -2.03. The highest BCUT2D eigenvalue weighted by Crippen LogP contribution is 2.17. The van der Waals surface area contributed by atoms with Crippen molar-refractivity contribution in [2.75, 3.05) is 5.32 Å². The normalized spacial score (nSPS) is 10.8. The molecule has 0 fully saturated rings. The van der Waals surface area contributed by atoms with E-state index in [9.17, 15) is 9.59 Å². The van der Waals surface area contributed by atoms with Gasteiger partial charge in [0.15, 0.2) is 0 Å². The molecule has 0 aliphatic rings. The van der Waals surface area contributed by atoms with Gasteiger partial charge in [-0.1, -0.05) is 42.0 Å². The molecule has 0 aliphatic carbocycles. The number of nitrogens with zero attached hydrogens (tertiary/aromatic N) is 2. The zero-order valence-corrected chi connectivity index (χ0v) is 13.9. The average molecular weight is 345 g/mol. The van der Waals surface area contributed by atoms with Crippen molar-refractivity contribution in [2.45, 2.75) is 6.92 Å². The van der Waals surface area contributed by atoms with Crippen LogP contribution in [-0.4, -0.2) is 31.9 Å². The minimum atomic E-state index is -0.465. The van der Waals surface area contributed by atoms with Crippen LogP contribution < -0.4 is 5.32 Å². The molecule has 0 saturated carbocycles. The molecule has 7 heteroatoms. The minimum Gasteiger partial charge on any atom is -0.324 e. The van der Waals surface area contributed by atoms with Crippen molar-refractivity contribution < 1.29 is 9.59 Å². The fraction of sp³-hybridized carbons (Fsp3) is 0.0526. The molecule has 128 valence electrons. The van der Waals surface area contributed by atoms with Crippen molar-refractivity contribution in [2.24, 2.45) is 0 Å². The molecule has 0 spiro atoms. The summed E-state index contributed by atoms with van der Waals surface area (Å²) in [5.41, 5.74) is 3.39. The van der Waals surface area contributed by atoms with Gasteiger partial charge in [-0.2, -0.15) is 5.10 Å². The van der Waals surface area contributed by atoms with Crippen LogP contribution in [0.3, 0.4) is 0 Å². The number of carbonyl (C=O) groups excluding carboxylic acids is 2. The van der Waals surface area contributed by atoms with Gasteiger partial charge in [-0.15, -0.1) is 0 Å². The second kappa shape index (κ2) is 6.29. The Labute approximate surface area is 148 Å². The molecule has 1 amide bonds. The molecule has 2 aromatic heterocycles. The van der Waals surface area contributed by atoms with E-state index in [0.29, 0.717) is 11.5 Å².